The fourth-order valence-corrected chi connectivity index (χ4v) is 7.18. The molecule has 40 heavy (non-hydrogen) atoms. The van der Waals surface area contributed by atoms with E-state index in [1.165, 1.54) is 54.8 Å². The van der Waals surface area contributed by atoms with E-state index in [4.69, 9.17) is 9.47 Å². The van der Waals surface area contributed by atoms with Crippen molar-refractivity contribution in [2.24, 2.45) is 0 Å². The molecule has 6 aromatic rings. The van der Waals surface area contributed by atoms with Gasteiger partial charge in [0.1, 0.15) is 22.7 Å². The average molecular weight is 527 g/mol. The summed E-state index contributed by atoms with van der Waals surface area (Å²) < 4.78 is 13.2. The van der Waals surface area contributed by atoms with Crippen LogP contribution in [0.15, 0.2) is 60.7 Å². The van der Waals surface area contributed by atoms with Gasteiger partial charge < -0.3 is 19.4 Å². The monoisotopic (exact) mass is 526 g/mol. The lowest BCUT2D eigenvalue weighted by Gasteiger charge is -2.39. The zero-order valence-electron chi connectivity index (χ0n) is 24.0. The van der Waals surface area contributed by atoms with E-state index in [1.807, 2.05) is 0 Å². The third-order valence-electron chi connectivity index (χ3n) is 8.93. The molecule has 0 aliphatic carbocycles. The van der Waals surface area contributed by atoms with Crippen LogP contribution in [0.4, 0.5) is 0 Å². The Labute approximate surface area is 234 Å². The van der Waals surface area contributed by atoms with E-state index >= 15 is 0 Å². The summed E-state index contributed by atoms with van der Waals surface area (Å²) in [5.74, 6) is 2.15. The first-order valence-electron chi connectivity index (χ1n) is 14.3. The molecule has 2 aromatic heterocycles. The van der Waals surface area contributed by atoms with Gasteiger partial charge in [0.2, 0.25) is 0 Å². The lowest BCUT2D eigenvalue weighted by atomic mass is 9.78. The summed E-state index contributed by atoms with van der Waals surface area (Å²) in [5.41, 5.74) is 10.1. The second-order valence-corrected chi connectivity index (χ2v) is 12.9. The molecule has 0 saturated carbocycles. The Balaban J connectivity index is 1.44. The molecule has 4 nitrogen and oxygen atoms in total. The van der Waals surface area contributed by atoms with Crippen LogP contribution in [-0.4, -0.2) is 21.2 Å². The first-order chi connectivity index (χ1) is 19.1. The minimum absolute atomic E-state index is 0.161. The number of para-hydroxylation sites is 2. The molecule has 200 valence electrons. The van der Waals surface area contributed by atoms with E-state index in [-0.39, 0.29) is 17.1 Å². The quantitative estimate of drug-likeness (QED) is 0.224. The van der Waals surface area contributed by atoms with E-state index in [2.05, 4.69) is 118 Å². The Morgan fingerprint density at radius 2 is 1.45 bits per heavy atom. The molecule has 0 saturated heterocycles. The van der Waals surface area contributed by atoms with Crippen LogP contribution < -0.4 is 9.47 Å². The van der Waals surface area contributed by atoms with Crippen molar-refractivity contribution in [1.29, 1.82) is 0 Å². The van der Waals surface area contributed by atoms with Gasteiger partial charge in [-0.3, -0.25) is 0 Å². The van der Waals surface area contributed by atoms with E-state index in [0.717, 1.165) is 34.5 Å². The summed E-state index contributed by atoms with van der Waals surface area (Å²) in [6, 6.07) is 19.9. The number of benzene rings is 4. The summed E-state index contributed by atoms with van der Waals surface area (Å²) in [5, 5.41) is 5.02. The Morgan fingerprint density at radius 3 is 2.27 bits per heavy atom. The predicted octanol–water partition coefficient (Wildman–Crippen LogP) is 9.45. The van der Waals surface area contributed by atoms with Crippen LogP contribution >= 0.6 is 0 Å². The van der Waals surface area contributed by atoms with Gasteiger partial charge in [-0.25, -0.2) is 0 Å². The number of aromatic nitrogens is 2. The number of aryl methyl sites for hydroxylation is 2. The smallest absolute Gasteiger partial charge is 0.132 e. The summed E-state index contributed by atoms with van der Waals surface area (Å²) >= 11 is 0. The molecule has 0 bridgehead atoms. The predicted molar refractivity (Wildman–Crippen MR) is 166 cm³/mol. The van der Waals surface area contributed by atoms with Gasteiger partial charge >= 0.3 is 0 Å². The number of H-pyrrole nitrogens is 2. The summed E-state index contributed by atoms with van der Waals surface area (Å²) in [6.07, 6.45) is 5.28. The molecular formula is C36H34N2O2. The number of ether oxygens (including phenoxy) is 2. The van der Waals surface area contributed by atoms with Gasteiger partial charge in [-0.15, -0.1) is 0 Å². The van der Waals surface area contributed by atoms with E-state index < -0.39 is 0 Å². The minimum atomic E-state index is -0.317. The third kappa shape index (κ3) is 3.25. The highest BCUT2D eigenvalue weighted by Gasteiger charge is 2.38. The highest BCUT2D eigenvalue weighted by molar-refractivity contribution is 6.13. The van der Waals surface area contributed by atoms with Crippen LogP contribution in [0.1, 0.15) is 67.9 Å². The Hall–Kier alpha value is -4.18. The van der Waals surface area contributed by atoms with Crippen molar-refractivity contribution in [3.8, 4) is 11.5 Å². The van der Waals surface area contributed by atoms with E-state index in [9.17, 15) is 0 Å². The summed E-state index contributed by atoms with van der Waals surface area (Å²) in [6.45, 7) is 13.0. The molecule has 8 rings (SSSR count). The number of rotatable bonds is 1. The summed E-state index contributed by atoms with van der Waals surface area (Å²) in [4.78, 5) is 7.67. The second kappa shape index (κ2) is 7.72. The van der Waals surface area contributed by atoms with Crippen LogP contribution in [0, 0.1) is 13.8 Å². The molecule has 0 fully saturated rings. The van der Waals surface area contributed by atoms with Crippen molar-refractivity contribution in [3.05, 3.63) is 88.5 Å². The van der Waals surface area contributed by atoms with Crippen LogP contribution in [0.25, 0.3) is 49.7 Å². The average Bonchev–Trinajstić information content (AvgIpc) is 3.46. The molecule has 0 unspecified atom stereocenters. The van der Waals surface area contributed by atoms with E-state index in [0.29, 0.717) is 0 Å². The topological polar surface area (TPSA) is 50.0 Å². The molecule has 2 aliphatic rings. The molecule has 0 amide bonds. The molecular weight excluding hydrogens is 492 g/mol. The van der Waals surface area contributed by atoms with Crippen molar-refractivity contribution in [2.75, 3.05) is 0 Å². The van der Waals surface area contributed by atoms with Crippen LogP contribution in [0.5, 0.6) is 11.5 Å². The fourth-order valence-electron chi connectivity index (χ4n) is 7.18. The first kappa shape index (κ1) is 23.7. The van der Waals surface area contributed by atoms with Crippen molar-refractivity contribution < 1.29 is 9.47 Å². The Kier molecular flexibility index (Phi) is 4.57. The highest BCUT2D eigenvalue weighted by atomic mass is 16.5. The molecule has 4 heterocycles. The standard InChI is InChI=1S/C36H34N2O2/c1-19-16-26-22-11-9-12-23(30(22)38-31(26)24-14-15-35(3,4)39-33(19)24)27-18-36(5,6)40-34-20(2)17-25-21-10-7-8-13-28(21)37-32(25)29(27)34/h7-17,27,37-38H,18H2,1-6H3/t27-/m0/s1. The maximum absolute atomic E-state index is 6.73. The molecule has 0 spiro atoms. The van der Waals surface area contributed by atoms with Crippen molar-refractivity contribution in [3.63, 3.8) is 0 Å². The van der Waals surface area contributed by atoms with Gasteiger partial charge in [-0.05, 0) is 95.0 Å². The minimum Gasteiger partial charge on any atom is -0.487 e. The zero-order chi connectivity index (χ0) is 27.6. The normalized spacial score (nSPS) is 19.1. The molecule has 2 aliphatic heterocycles. The van der Waals surface area contributed by atoms with Gasteiger partial charge in [0.05, 0.1) is 16.6 Å². The SMILES string of the molecule is Cc1cc2c([nH]c3ccccc32)c2c1OC(C)(C)C[C@H]2c1cccc2c1[nH]c1c3c(c(C)cc12)OC(C)(C)C=C3. The highest BCUT2D eigenvalue weighted by Crippen LogP contribution is 2.51. The number of fused-ring (bicyclic) bond motifs is 10. The van der Waals surface area contributed by atoms with Crippen molar-refractivity contribution in [1.82, 2.24) is 9.97 Å². The first-order valence-corrected chi connectivity index (χ1v) is 14.3. The Morgan fingerprint density at radius 1 is 0.725 bits per heavy atom. The van der Waals surface area contributed by atoms with Gasteiger partial charge in [0.25, 0.3) is 0 Å². The summed E-state index contributed by atoms with van der Waals surface area (Å²) in [7, 11) is 0. The second-order valence-electron chi connectivity index (χ2n) is 12.9. The van der Waals surface area contributed by atoms with Crippen molar-refractivity contribution in [2.45, 2.75) is 65.1 Å². The Bertz CT molecular complexity index is 2070. The molecule has 2 N–H and O–H groups in total. The largest absolute Gasteiger partial charge is 0.487 e. The van der Waals surface area contributed by atoms with Gasteiger partial charge in [0, 0.05) is 44.1 Å². The number of hydrogen-bond acceptors (Lipinski definition) is 2. The number of aromatic amines is 2. The molecule has 1 atom stereocenters. The lowest BCUT2D eigenvalue weighted by molar-refractivity contribution is 0.0773. The van der Waals surface area contributed by atoms with Crippen LogP contribution in [0.3, 0.4) is 0 Å². The molecule has 0 radical (unpaired) electrons. The van der Waals surface area contributed by atoms with Gasteiger partial charge in [-0.2, -0.15) is 0 Å². The maximum atomic E-state index is 6.73. The number of hydrogen-bond donors (Lipinski definition) is 2. The lowest BCUT2D eigenvalue weighted by Crippen LogP contribution is -2.35. The zero-order valence-corrected chi connectivity index (χ0v) is 24.0. The van der Waals surface area contributed by atoms with Crippen molar-refractivity contribution >= 4 is 49.7 Å². The fraction of sp³-hybridized carbons (Fsp3) is 0.278. The molecule has 4 aromatic carbocycles. The van der Waals surface area contributed by atoms with Crippen LogP contribution in [-0.2, 0) is 0 Å². The van der Waals surface area contributed by atoms with Gasteiger partial charge in [-0.1, -0.05) is 36.4 Å². The third-order valence-corrected chi connectivity index (χ3v) is 8.93. The molecule has 4 heteroatoms. The maximum Gasteiger partial charge on any atom is 0.132 e. The van der Waals surface area contributed by atoms with Gasteiger partial charge in [0.15, 0.2) is 0 Å². The van der Waals surface area contributed by atoms with E-state index in [1.54, 1.807) is 0 Å². The number of nitrogens with one attached hydrogen (secondary N) is 2. The van der Waals surface area contributed by atoms with Crippen LogP contribution in [0.2, 0.25) is 0 Å².